The van der Waals surface area contributed by atoms with Crippen LogP contribution in [0.1, 0.15) is 5.56 Å². The van der Waals surface area contributed by atoms with Crippen LogP contribution < -0.4 is 14.9 Å². The molecule has 0 radical (unpaired) electrons. The molecule has 0 fully saturated rings. The minimum Gasteiger partial charge on any atom is -0.455 e. The fourth-order valence-electron chi connectivity index (χ4n) is 5.27. The van der Waals surface area contributed by atoms with Crippen LogP contribution in [0.15, 0.2) is 101 Å². The first kappa shape index (κ1) is 20.9. The third-order valence-electron chi connectivity index (χ3n) is 7.40. The lowest BCUT2D eigenvalue weighted by molar-refractivity contribution is -0.633. The molecule has 34 heavy (non-hydrogen) atoms. The number of pyridine rings is 1. The first-order chi connectivity index (χ1) is 16.4. The van der Waals surface area contributed by atoms with E-state index in [4.69, 9.17) is 4.42 Å². The maximum Gasteiger partial charge on any atom is 0.216 e. The van der Waals surface area contributed by atoms with Crippen LogP contribution in [0.25, 0.3) is 44.1 Å². The van der Waals surface area contributed by atoms with Gasteiger partial charge in [-0.3, -0.25) is 0 Å². The van der Waals surface area contributed by atoms with Crippen molar-refractivity contribution in [3.8, 4) is 11.3 Å². The number of furan rings is 1. The normalized spacial score (nSPS) is 12.1. The van der Waals surface area contributed by atoms with Crippen molar-refractivity contribution in [2.24, 2.45) is 7.05 Å². The van der Waals surface area contributed by atoms with E-state index in [9.17, 15) is 0 Å². The summed E-state index contributed by atoms with van der Waals surface area (Å²) in [5, 5.41) is 6.52. The minimum atomic E-state index is -1.76. The highest BCUT2D eigenvalue weighted by Crippen LogP contribution is 2.37. The van der Waals surface area contributed by atoms with Gasteiger partial charge >= 0.3 is 0 Å². The van der Waals surface area contributed by atoms with Crippen molar-refractivity contribution in [3.05, 3.63) is 103 Å². The van der Waals surface area contributed by atoms with Crippen molar-refractivity contribution in [1.82, 2.24) is 0 Å². The van der Waals surface area contributed by atoms with Gasteiger partial charge in [-0.25, -0.2) is 0 Å². The second-order valence-corrected chi connectivity index (χ2v) is 14.2. The standard InChI is InChI=1S/C31H28NOSi/c1-21-14-17-26-25-12-8-9-13-29(25)33-31(26)30(21)28-18-15-22-20-24(16-19-27(22)32(28)2)34(3,4)23-10-6-5-7-11-23/h5-20H,1-4H3/q+1. The third kappa shape index (κ3) is 3.12. The van der Waals surface area contributed by atoms with Gasteiger partial charge in [0.05, 0.1) is 5.56 Å². The van der Waals surface area contributed by atoms with Crippen molar-refractivity contribution in [1.29, 1.82) is 0 Å². The monoisotopic (exact) mass is 458 g/mol. The van der Waals surface area contributed by atoms with Crippen LogP contribution in [0.4, 0.5) is 0 Å². The number of aryl methyl sites for hydroxylation is 2. The van der Waals surface area contributed by atoms with Crippen molar-refractivity contribution < 1.29 is 8.98 Å². The quantitative estimate of drug-likeness (QED) is 0.223. The average Bonchev–Trinajstić information content (AvgIpc) is 3.24. The Bertz CT molecular complexity index is 1700. The third-order valence-corrected chi connectivity index (χ3v) is 10.9. The molecule has 0 unspecified atom stereocenters. The maximum absolute atomic E-state index is 6.39. The van der Waals surface area contributed by atoms with E-state index in [-0.39, 0.29) is 0 Å². The summed E-state index contributed by atoms with van der Waals surface area (Å²) in [5.74, 6) is 0. The number of para-hydroxylation sites is 1. The molecular weight excluding hydrogens is 430 g/mol. The summed E-state index contributed by atoms with van der Waals surface area (Å²) in [5.41, 5.74) is 6.68. The Labute approximate surface area is 201 Å². The summed E-state index contributed by atoms with van der Waals surface area (Å²) >= 11 is 0. The second kappa shape index (κ2) is 7.68. The molecule has 0 saturated carbocycles. The number of fused-ring (bicyclic) bond motifs is 4. The predicted molar refractivity (Wildman–Crippen MR) is 146 cm³/mol. The Kier molecular flexibility index (Phi) is 4.71. The molecule has 6 aromatic rings. The lowest BCUT2D eigenvalue weighted by atomic mass is 10.00. The zero-order valence-electron chi connectivity index (χ0n) is 20.1. The minimum absolute atomic E-state index is 0.936. The molecule has 0 bridgehead atoms. The van der Waals surface area contributed by atoms with E-state index >= 15 is 0 Å². The average molecular weight is 459 g/mol. The van der Waals surface area contributed by atoms with Crippen molar-refractivity contribution in [2.75, 3.05) is 0 Å². The van der Waals surface area contributed by atoms with E-state index in [1.165, 1.54) is 48.9 Å². The van der Waals surface area contributed by atoms with Crippen molar-refractivity contribution in [2.45, 2.75) is 20.0 Å². The van der Waals surface area contributed by atoms with Crippen LogP contribution in [0.3, 0.4) is 0 Å². The Morgan fingerprint density at radius 2 is 1.47 bits per heavy atom. The highest BCUT2D eigenvalue weighted by atomic mass is 28.3. The molecule has 0 N–H and O–H groups in total. The second-order valence-electron chi connectivity index (χ2n) is 9.77. The van der Waals surface area contributed by atoms with E-state index in [0.29, 0.717) is 0 Å². The number of benzene rings is 4. The highest BCUT2D eigenvalue weighted by molar-refractivity contribution is 7.00. The summed E-state index contributed by atoms with van der Waals surface area (Å²) in [6.45, 7) is 7.04. The summed E-state index contributed by atoms with van der Waals surface area (Å²) in [7, 11) is 0.409. The van der Waals surface area contributed by atoms with Crippen molar-refractivity contribution in [3.63, 3.8) is 0 Å². The number of rotatable bonds is 3. The molecule has 3 heteroatoms. The first-order valence-corrected chi connectivity index (χ1v) is 14.9. The van der Waals surface area contributed by atoms with Crippen molar-refractivity contribution >= 4 is 51.3 Å². The molecule has 6 rings (SSSR count). The van der Waals surface area contributed by atoms with Crippen LogP contribution in [0, 0.1) is 6.92 Å². The van der Waals surface area contributed by atoms with Gasteiger partial charge in [-0.2, -0.15) is 4.57 Å². The first-order valence-electron chi connectivity index (χ1n) is 11.9. The molecule has 2 aromatic heterocycles. The van der Waals surface area contributed by atoms with Crippen LogP contribution in [-0.4, -0.2) is 8.07 Å². The summed E-state index contributed by atoms with van der Waals surface area (Å²) in [6, 6.07) is 35.2. The predicted octanol–water partition coefficient (Wildman–Crippen LogP) is 6.36. The molecule has 0 saturated heterocycles. The number of aromatic nitrogens is 1. The molecule has 4 aromatic carbocycles. The zero-order chi connectivity index (χ0) is 23.4. The Morgan fingerprint density at radius 1 is 0.706 bits per heavy atom. The SMILES string of the molecule is Cc1ccc2c(oc3ccccc32)c1-c1ccc2cc([Si](C)(C)c3ccccc3)ccc2[n+]1C. The number of hydrogen-bond acceptors (Lipinski definition) is 1. The van der Waals surface area contributed by atoms with E-state index < -0.39 is 8.07 Å². The topological polar surface area (TPSA) is 17.0 Å². The van der Waals surface area contributed by atoms with Gasteiger partial charge in [0.2, 0.25) is 11.2 Å². The highest BCUT2D eigenvalue weighted by Gasteiger charge is 2.27. The van der Waals surface area contributed by atoms with E-state index in [1.807, 2.05) is 6.07 Å². The smallest absolute Gasteiger partial charge is 0.216 e. The molecule has 0 aliphatic carbocycles. The van der Waals surface area contributed by atoms with Crippen LogP contribution >= 0.6 is 0 Å². The molecule has 0 atom stereocenters. The Morgan fingerprint density at radius 3 is 2.29 bits per heavy atom. The van der Waals surface area contributed by atoms with Crippen LogP contribution in [-0.2, 0) is 7.05 Å². The molecule has 0 spiro atoms. The fraction of sp³-hybridized carbons (Fsp3) is 0.129. The van der Waals surface area contributed by atoms with E-state index in [1.54, 1.807) is 0 Å². The fourth-order valence-corrected chi connectivity index (χ4v) is 7.65. The Hall–Kier alpha value is -3.69. The number of nitrogens with zero attached hydrogens (tertiary/aromatic N) is 1. The lowest BCUT2D eigenvalue weighted by Gasteiger charge is -2.23. The van der Waals surface area contributed by atoms with Gasteiger partial charge in [0.1, 0.15) is 26.3 Å². The molecule has 2 nitrogen and oxygen atoms in total. The number of hydrogen-bond donors (Lipinski definition) is 0. The molecular formula is C31H28NOSi+. The maximum atomic E-state index is 6.39. The lowest BCUT2D eigenvalue weighted by Crippen LogP contribution is -2.52. The summed E-state index contributed by atoms with van der Waals surface area (Å²) in [4.78, 5) is 0. The Balaban J connectivity index is 1.54. The van der Waals surface area contributed by atoms with Crippen LogP contribution in [0.5, 0.6) is 0 Å². The summed E-state index contributed by atoms with van der Waals surface area (Å²) < 4.78 is 8.70. The van der Waals surface area contributed by atoms with Gasteiger partial charge in [0.25, 0.3) is 0 Å². The zero-order valence-corrected chi connectivity index (χ0v) is 21.1. The van der Waals surface area contributed by atoms with Gasteiger partial charge in [0, 0.05) is 28.3 Å². The van der Waals surface area contributed by atoms with Gasteiger partial charge in [-0.15, -0.1) is 0 Å². The van der Waals surface area contributed by atoms with Gasteiger partial charge < -0.3 is 4.42 Å². The van der Waals surface area contributed by atoms with Crippen LogP contribution in [0.2, 0.25) is 13.1 Å². The molecule has 0 aliphatic heterocycles. The van der Waals surface area contributed by atoms with Gasteiger partial charge in [0.15, 0.2) is 0 Å². The van der Waals surface area contributed by atoms with Gasteiger partial charge in [-0.1, -0.05) is 90.2 Å². The van der Waals surface area contributed by atoms with E-state index in [2.05, 4.69) is 123 Å². The largest absolute Gasteiger partial charge is 0.455 e. The molecule has 0 amide bonds. The molecule has 166 valence electrons. The molecule has 0 aliphatic rings. The summed E-state index contributed by atoms with van der Waals surface area (Å²) in [6.07, 6.45) is 0. The van der Waals surface area contributed by atoms with Gasteiger partial charge in [-0.05, 0) is 30.7 Å². The van der Waals surface area contributed by atoms with E-state index in [0.717, 1.165) is 11.2 Å². The molecule has 2 heterocycles.